The predicted octanol–water partition coefficient (Wildman–Crippen LogP) is 1.57. The zero-order valence-corrected chi connectivity index (χ0v) is 12.9. The Bertz CT molecular complexity index is 557. The summed E-state index contributed by atoms with van der Waals surface area (Å²) in [6, 6.07) is 5.31. The Morgan fingerprint density at radius 3 is 2.73 bits per heavy atom. The minimum atomic E-state index is -0.834. The molecule has 0 spiro atoms. The van der Waals surface area contributed by atoms with Crippen molar-refractivity contribution >= 4 is 11.9 Å². The van der Waals surface area contributed by atoms with E-state index < -0.39 is 11.9 Å². The quantitative estimate of drug-likeness (QED) is 0.893. The van der Waals surface area contributed by atoms with Crippen LogP contribution in [0.1, 0.15) is 18.4 Å². The first kappa shape index (κ1) is 16.1. The van der Waals surface area contributed by atoms with Crippen LogP contribution in [0, 0.1) is 5.92 Å². The largest absolute Gasteiger partial charge is 0.497 e. The van der Waals surface area contributed by atoms with Gasteiger partial charge in [0.1, 0.15) is 11.5 Å². The molecule has 120 valence electrons. The zero-order valence-electron chi connectivity index (χ0n) is 12.9. The first-order valence-corrected chi connectivity index (χ1v) is 7.26. The van der Waals surface area contributed by atoms with Gasteiger partial charge in [0.05, 0.1) is 26.6 Å². The molecule has 2 rings (SSSR count). The molecule has 6 heteroatoms. The van der Waals surface area contributed by atoms with E-state index in [1.165, 1.54) is 0 Å². The van der Waals surface area contributed by atoms with Gasteiger partial charge in [0, 0.05) is 24.7 Å². The van der Waals surface area contributed by atoms with Crippen LogP contribution in [-0.2, 0) is 16.0 Å². The lowest BCUT2D eigenvalue weighted by Crippen LogP contribution is -2.43. The molecule has 1 N–H and O–H groups in total. The Morgan fingerprint density at radius 2 is 2.09 bits per heavy atom. The number of carboxylic acids is 1. The third-order valence-corrected chi connectivity index (χ3v) is 3.96. The van der Waals surface area contributed by atoms with Crippen molar-refractivity contribution in [2.75, 3.05) is 27.3 Å². The minimum Gasteiger partial charge on any atom is -0.497 e. The topological polar surface area (TPSA) is 76.1 Å². The molecule has 1 aliphatic rings. The second-order valence-corrected chi connectivity index (χ2v) is 5.37. The number of aliphatic carboxylic acids is 1. The van der Waals surface area contributed by atoms with Crippen LogP contribution in [0.5, 0.6) is 11.5 Å². The number of hydrogen-bond acceptors (Lipinski definition) is 4. The number of likely N-dealkylation sites (tertiary alicyclic amines) is 1. The SMILES string of the molecule is COc1ccc(CC(=O)N2CCCC(C(=O)O)C2)c(OC)c1. The van der Waals surface area contributed by atoms with E-state index in [0.29, 0.717) is 24.5 Å². The summed E-state index contributed by atoms with van der Waals surface area (Å²) < 4.78 is 10.4. The van der Waals surface area contributed by atoms with E-state index in [1.807, 2.05) is 0 Å². The van der Waals surface area contributed by atoms with E-state index in [0.717, 1.165) is 12.0 Å². The van der Waals surface area contributed by atoms with E-state index in [2.05, 4.69) is 0 Å². The summed E-state index contributed by atoms with van der Waals surface area (Å²) >= 11 is 0. The van der Waals surface area contributed by atoms with Crippen LogP contribution >= 0.6 is 0 Å². The second kappa shape index (κ2) is 7.15. The van der Waals surface area contributed by atoms with Crippen molar-refractivity contribution in [2.24, 2.45) is 5.92 Å². The molecule has 1 aromatic rings. The number of carbonyl (C=O) groups excluding carboxylic acids is 1. The molecule has 0 aliphatic carbocycles. The first-order valence-electron chi connectivity index (χ1n) is 7.26. The monoisotopic (exact) mass is 307 g/mol. The molecule has 6 nitrogen and oxygen atoms in total. The standard InChI is InChI=1S/C16H21NO5/c1-21-13-6-5-11(14(9-13)22-2)8-15(18)17-7-3-4-12(10-17)16(19)20/h5-6,9,12H,3-4,7-8,10H2,1-2H3,(H,19,20). The average Bonchev–Trinajstić information content (AvgIpc) is 2.55. The van der Waals surface area contributed by atoms with Crippen LogP contribution in [0.2, 0.25) is 0 Å². The molecule has 1 saturated heterocycles. The summed E-state index contributed by atoms with van der Waals surface area (Å²) in [5.41, 5.74) is 0.769. The number of amides is 1. The van der Waals surface area contributed by atoms with Crippen molar-refractivity contribution < 1.29 is 24.2 Å². The molecule has 1 heterocycles. The molecule has 1 atom stereocenters. The molecule has 0 aromatic heterocycles. The molecule has 0 bridgehead atoms. The van der Waals surface area contributed by atoms with Gasteiger partial charge in [0.25, 0.3) is 0 Å². The van der Waals surface area contributed by atoms with E-state index in [1.54, 1.807) is 37.3 Å². The van der Waals surface area contributed by atoms with Crippen LogP contribution in [0.4, 0.5) is 0 Å². The number of methoxy groups -OCH3 is 2. The average molecular weight is 307 g/mol. The van der Waals surface area contributed by atoms with E-state index in [4.69, 9.17) is 14.6 Å². The summed E-state index contributed by atoms with van der Waals surface area (Å²) in [7, 11) is 3.11. The number of rotatable bonds is 5. The van der Waals surface area contributed by atoms with Gasteiger partial charge in [-0.3, -0.25) is 9.59 Å². The third-order valence-electron chi connectivity index (χ3n) is 3.96. The highest BCUT2D eigenvalue weighted by molar-refractivity contribution is 5.80. The Morgan fingerprint density at radius 1 is 1.32 bits per heavy atom. The number of nitrogens with zero attached hydrogens (tertiary/aromatic N) is 1. The molecule has 1 amide bonds. The summed E-state index contributed by atoms with van der Waals surface area (Å²) in [5.74, 6) is -0.110. The fourth-order valence-corrected chi connectivity index (χ4v) is 2.68. The van der Waals surface area contributed by atoms with Crippen molar-refractivity contribution in [1.29, 1.82) is 0 Å². The van der Waals surface area contributed by atoms with Gasteiger partial charge in [0.2, 0.25) is 5.91 Å². The summed E-state index contributed by atoms with van der Waals surface area (Å²) in [6.45, 7) is 0.897. The summed E-state index contributed by atoms with van der Waals surface area (Å²) in [5, 5.41) is 9.10. The van der Waals surface area contributed by atoms with Crippen LogP contribution in [-0.4, -0.2) is 49.2 Å². The predicted molar refractivity (Wildman–Crippen MR) is 80.2 cm³/mol. The lowest BCUT2D eigenvalue weighted by atomic mass is 9.97. The van der Waals surface area contributed by atoms with Crippen LogP contribution < -0.4 is 9.47 Å². The van der Waals surface area contributed by atoms with E-state index >= 15 is 0 Å². The highest BCUT2D eigenvalue weighted by atomic mass is 16.5. The summed E-state index contributed by atoms with van der Waals surface area (Å²) in [6.07, 6.45) is 1.55. The van der Waals surface area contributed by atoms with E-state index in [9.17, 15) is 9.59 Å². The number of carboxylic acid groups (broad SMARTS) is 1. The molecule has 1 aliphatic heterocycles. The minimum absolute atomic E-state index is 0.0746. The van der Waals surface area contributed by atoms with Gasteiger partial charge in [-0.15, -0.1) is 0 Å². The normalized spacial score (nSPS) is 17.9. The zero-order chi connectivity index (χ0) is 16.1. The fraction of sp³-hybridized carbons (Fsp3) is 0.500. The number of hydrogen-bond donors (Lipinski definition) is 1. The van der Waals surface area contributed by atoms with Crippen molar-refractivity contribution in [1.82, 2.24) is 4.90 Å². The van der Waals surface area contributed by atoms with Gasteiger partial charge in [-0.1, -0.05) is 6.07 Å². The fourth-order valence-electron chi connectivity index (χ4n) is 2.68. The smallest absolute Gasteiger partial charge is 0.308 e. The van der Waals surface area contributed by atoms with Gasteiger partial charge in [-0.2, -0.15) is 0 Å². The Kier molecular flexibility index (Phi) is 5.25. The maximum atomic E-state index is 12.4. The number of ether oxygens (including phenoxy) is 2. The van der Waals surface area contributed by atoms with Crippen molar-refractivity contribution in [3.63, 3.8) is 0 Å². The van der Waals surface area contributed by atoms with Crippen LogP contribution in [0.3, 0.4) is 0 Å². The molecular formula is C16H21NO5. The maximum absolute atomic E-state index is 12.4. The lowest BCUT2D eigenvalue weighted by molar-refractivity contribution is -0.145. The van der Waals surface area contributed by atoms with E-state index in [-0.39, 0.29) is 18.9 Å². The highest BCUT2D eigenvalue weighted by Gasteiger charge is 2.28. The Hall–Kier alpha value is -2.24. The molecule has 22 heavy (non-hydrogen) atoms. The first-order chi connectivity index (χ1) is 10.5. The molecule has 1 unspecified atom stereocenters. The molecule has 1 fully saturated rings. The Balaban J connectivity index is 2.06. The molecule has 1 aromatic carbocycles. The number of piperidine rings is 1. The van der Waals surface area contributed by atoms with Gasteiger partial charge in [-0.05, 0) is 18.9 Å². The number of benzene rings is 1. The lowest BCUT2D eigenvalue weighted by Gasteiger charge is -2.31. The van der Waals surface area contributed by atoms with Gasteiger partial charge in [-0.25, -0.2) is 0 Å². The van der Waals surface area contributed by atoms with Gasteiger partial charge >= 0.3 is 5.97 Å². The van der Waals surface area contributed by atoms with Crippen LogP contribution in [0.25, 0.3) is 0 Å². The second-order valence-electron chi connectivity index (χ2n) is 5.37. The van der Waals surface area contributed by atoms with Gasteiger partial charge in [0.15, 0.2) is 0 Å². The van der Waals surface area contributed by atoms with Gasteiger partial charge < -0.3 is 19.5 Å². The molecule has 0 saturated carbocycles. The highest BCUT2D eigenvalue weighted by Crippen LogP contribution is 2.26. The summed E-state index contributed by atoms with van der Waals surface area (Å²) in [4.78, 5) is 25.1. The Labute approximate surface area is 129 Å². The molecule has 0 radical (unpaired) electrons. The number of carbonyl (C=O) groups is 2. The van der Waals surface area contributed by atoms with Crippen molar-refractivity contribution in [3.05, 3.63) is 23.8 Å². The van der Waals surface area contributed by atoms with Crippen molar-refractivity contribution in [2.45, 2.75) is 19.3 Å². The van der Waals surface area contributed by atoms with Crippen LogP contribution in [0.15, 0.2) is 18.2 Å². The van der Waals surface area contributed by atoms with Crippen molar-refractivity contribution in [3.8, 4) is 11.5 Å². The maximum Gasteiger partial charge on any atom is 0.308 e. The molecular weight excluding hydrogens is 286 g/mol. The third kappa shape index (κ3) is 3.69.